The van der Waals surface area contributed by atoms with Crippen molar-refractivity contribution in [2.45, 2.75) is 13.0 Å². The number of carbonyl (C=O) groups is 1. The van der Waals surface area contributed by atoms with Crippen LogP contribution in [-0.4, -0.2) is 26.1 Å². The van der Waals surface area contributed by atoms with Crippen molar-refractivity contribution >= 4 is 17.2 Å². The quantitative estimate of drug-likeness (QED) is 0.801. The molecule has 3 aromatic rings. The lowest BCUT2D eigenvalue weighted by atomic mass is 10.1. The summed E-state index contributed by atoms with van der Waals surface area (Å²) in [6.45, 7) is 1.97. The summed E-state index contributed by atoms with van der Waals surface area (Å²) in [6.07, 6.45) is 1.49. The molecule has 1 atom stereocenters. The molecule has 0 aliphatic rings. The topological polar surface area (TPSA) is 72.7 Å². The average molecular weight is 299 g/mol. The average Bonchev–Trinajstić information content (AvgIpc) is 3.20. The van der Waals surface area contributed by atoms with E-state index in [0.717, 1.165) is 10.6 Å². The van der Waals surface area contributed by atoms with Gasteiger partial charge in [-0.3, -0.25) is 4.79 Å². The van der Waals surface area contributed by atoms with Crippen molar-refractivity contribution in [2.75, 3.05) is 0 Å². The summed E-state index contributed by atoms with van der Waals surface area (Å²) in [7, 11) is 0. The van der Waals surface area contributed by atoms with Crippen LogP contribution in [0.5, 0.6) is 0 Å². The molecule has 0 aliphatic carbocycles. The van der Waals surface area contributed by atoms with E-state index in [1.54, 1.807) is 23.5 Å². The van der Waals surface area contributed by atoms with Gasteiger partial charge in [-0.1, -0.05) is 12.1 Å². The predicted octanol–water partition coefficient (Wildman–Crippen LogP) is 2.21. The maximum atomic E-state index is 12.3. The molecule has 2 heterocycles. The summed E-state index contributed by atoms with van der Waals surface area (Å²) in [6, 6.07) is 11.1. The van der Waals surface area contributed by atoms with Crippen LogP contribution in [-0.2, 0) is 0 Å². The van der Waals surface area contributed by atoms with E-state index in [2.05, 4.69) is 20.8 Å². The molecule has 2 aromatic heterocycles. The lowest BCUT2D eigenvalue weighted by molar-refractivity contribution is 0.0940. The standard InChI is InChI=1S/C14H13N5OS/c1-10(13-6-3-7-21-13)16-14(20)11-4-2-5-12(8-11)19-9-15-17-18-19/h2-10H,1H3,(H,16,20). The number of thiophene rings is 1. The molecule has 106 valence electrons. The fourth-order valence-corrected chi connectivity index (χ4v) is 2.69. The van der Waals surface area contributed by atoms with E-state index >= 15 is 0 Å². The molecule has 1 N–H and O–H groups in total. The minimum atomic E-state index is -0.120. The van der Waals surface area contributed by atoms with Crippen molar-refractivity contribution in [1.29, 1.82) is 0 Å². The first-order valence-corrected chi connectivity index (χ1v) is 7.30. The SMILES string of the molecule is CC(NC(=O)c1cccc(-n2cnnn2)c1)c1cccs1. The smallest absolute Gasteiger partial charge is 0.251 e. The largest absolute Gasteiger partial charge is 0.345 e. The minimum absolute atomic E-state index is 0.0193. The fraction of sp³-hybridized carbons (Fsp3) is 0.143. The third-order valence-corrected chi connectivity index (χ3v) is 4.09. The number of nitrogens with zero attached hydrogens (tertiary/aromatic N) is 4. The molecular weight excluding hydrogens is 286 g/mol. The zero-order chi connectivity index (χ0) is 14.7. The zero-order valence-electron chi connectivity index (χ0n) is 11.3. The first-order valence-electron chi connectivity index (χ1n) is 6.42. The lowest BCUT2D eigenvalue weighted by Gasteiger charge is -2.12. The van der Waals surface area contributed by atoms with Crippen LogP contribution in [0.3, 0.4) is 0 Å². The van der Waals surface area contributed by atoms with Gasteiger partial charge < -0.3 is 5.32 Å². The summed E-state index contributed by atoms with van der Waals surface area (Å²) < 4.78 is 1.51. The maximum absolute atomic E-state index is 12.3. The second-order valence-electron chi connectivity index (χ2n) is 4.52. The Labute approximate surface area is 125 Å². The van der Waals surface area contributed by atoms with Gasteiger partial charge in [-0.2, -0.15) is 0 Å². The number of rotatable bonds is 4. The number of aromatic nitrogens is 4. The van der Waals surface area contributed by atoms with Crippen molar-refractivity contribution in [3.05, 3.63) is 58.5 Å². The van der Waals surface area contributed by atoms with E-state index in [4.69, 9.17) is 0 Å². The Morgan fingerprint density at radius 1 is 1.33 bits per heavy atom. The molecule has 0 spiro atoms. The molecule has 0 radical (unpaired) electrons. The molecular formula is C14H13N5OS. The highest BCUT2D eigenvalue weighted by Crippen LogP contribution is 2.19. The molecule has 1 amide bonds. The van der Waals surface area contributed by atoms with Crippen molar-refractivity contribution in [2.24, 2.45) is 0 Å². The molecule has 3 rings (SSSR count). The Balaban J connectivity index is 1.77. The Hall–Kier alpha value is -2.54. The van der Waals surface area contributed by atoms with E-state index in [0.29, 0.717) is 5.56 Å². The van der Waals surface area contributed by atoms with Gasteiger partial charge in [-0.05, 0) is 47.0 Å². The molecule has 6 nitrogen and oxygen atoms in total. The highest BCUT2D eigenvalue weighted by atomic mass is 32.1. The Morgan fingerprint density at radius 2 is 2.24 bits per heavy atom. The van der Waals surface area contributed by atoms with Gasteiger partial charge in [0.25, 0.3) is 5.91 Å². The van der Waals surface area contributed by atoms with Gasteiger partial charge >= 0.3 is 0 Å². The van der Waals surface area contributed by atoms with Crippen LogP contribution in [0.4, 0.5) is 0 Å². The summed E-state index contributed by atoms with van der Waals surface area (Å²) in [4.78, 5) is 13.4. The zero-order valence-corrected chi connectivity index (χ0v) is 12.1. The van der Waals surface area contributed by atoms with Crippen LogP contribution >= 0.6 is 11.3 Å². The molecule has 7 heteroatoms. The van der Waals surface area contributed by atoms with Gasteiger partial charge in [0.2, 0.25) is 0 Å². The van der Waals surface area contributed by atoms with Crippen LogP contribution in [0, 0.1) is 0 Å². The van der Waals surface area contributed by atoms with Gasteiger partial charge in [0.05, 0.1) is 11.7 Å². The highest BCUT2D eigenvalue weighted by Gasteiger charge is 2.12. The molecule has 0 saturated carbocycles. The van der Waals surface area contributed by atoms with Crippen LogP contribution in [0.15, 0.2) is 48.1 Å². The van der Waals surface area contributed by atoms with Crippen LogP contribution in [0.1, 0.15) is 28.2 Å². The second-order valence-corrected chi connectivity index (χ2v) is 5.49. The third-order valence-electron chi connectivity index (χ3n) is 3.04. The number of hydrogen-bond donors (Lipinski definition) is 1. The number of tetrazole rings is 1. The van der Waals surface area contributed by atoms with Crippen molar-refractivity contribution in [1.82, 2.24) is 25.5 Å². The van der Waals surface area contributed by atoms with Crippen molar-refractivity contribution < 1.29 is 4.79 Å². The molecule has 1 unspecified atom stereocenters. The summed E-state index contributed by atoms with van der Waals surface area (Å²) in [5.74, 6) is -0.120. The van der Waals surface area contributed by atoms with E-state index in [9.17, 15) is 4.79 Å². The summed E-state index contributed by atoms with van der Waals surface area (Å²) in [5, 5.41) is 16.0. The van der Waals surface area contributed by atoms with Gasteiger partial charge in [-0.25, -0.2) is 4.68 Å². The number of hydrogen-bond acceptors (Lipinski definition) is 5. The minimum Gasteiger partial charge on any atom is -0.345 e. The summed E-state index contributed by atoms with van der Waals surface area (Å²) in [5.41, 5.74) is 1.32. The van der Waals surface area contributed by atoms with Crippen molar-refractivity contribution in [3.63, 3.8) is 0 Å². The van der Waals surface area contributed by atoms with Gasteiger partial charge in [0.15, 0.2) is 0 Å². The molecule has 0 fully saturated rings. The Morgan fingerprint density at radius 3 is 2.95 bits per heavy atom. The molecule has 1 aromatic carbocycles. The van der Waals surface area contributed by atoms with E-state index in [1.807, 2.05) is 36.6 Å². The first-order chi connectivity index (χ1) is 10.2. The van der Waals surface area contributed by atoms with E-state index in [1.165, 1.54) is 11.0 Å². The fourth-order valence-electron chi connectivity index (χ4n) is 1.96. The number of nitrogens with one attached hydrogen (secondary N) is 1. The monoisotopic (exact) mass is 299 g/mol. The van der Waals surface area contributed by atoms with Crippen LogP contribution < -0.4 is 5.32 Å². The van der Waals surface area contributed by atoms with E-state index < -0.39 is 0 Å². The number of amides is 1. The second kappa shape index (κ2) is 5.84. The first kappa shape index (κ1) is 13.4. The molecule has 21 heavy (non-hydrogen) atoms. The van der Waals surface area contributed by atoms with Crippen molar-refractivity contribution in [3.8, 4) is 5.69 Å². The third kappa shape index (κ3) is 2.97. The molecule has 0 bridgehead atoms. The summed E-state index contributed by atoms with van der Waals surface area (Å²) >= 11 is 1.62. The van der Waals surface area contributed by atoms with Gasteiger partial charge in [0, 0.05) is 10.4 Å². The molecule has 0 saturated heterocycles. The van der Waals surface area contributed by atoms with Gasteiger partial charge in [-0.15, -0.1) is 16.4 Å². The normalized spacial score (nSPS) is 12.0. The highest BCUT2D eigenvalue weighted by molar-refractivity contribution is 7.10. The van der Waals surface area contributed by atoms with Crippen LogP contribution in [0.2, 0.25) is 0 Å². The Bertz CT molecular complexity index is 724. The maximum Gasteiger partial charge on any atom is 0.251 e. The number of benzene rings is 1. The molecule has 0 aliphatic heterocycles. The number of carbonyl (C=O) groups excluding carboxylic acids is 1. The lowest BCUT2D eigenvalue weighted by Crippen LogP contribution is -2.26. The van der Waals surface area contributed by atoms with Crippen LogP contribution in [0.25, 0.3) is 5.69 Å². The Kier molecular flexibility index (Phi) is 3.74. The van der Waals surface area contributed by atoms with E-state index in [-0.39, 0.29) is 11.9 Å². The predicted molar refractivity (Wildman–Crippen MR) is 79.4 cm³/mol. The van der Waals surface area contributed by atoms with Gasteiger partial charge in [0.1, 0.15) is 6.33 Å².